The summed E-state index contributed by atoms with van der Waals surface area (Å²) in [6.45, 7) is 4.70. The lowest BCUT2D eigenvalue weighted by Gasteiger charge is -2.24. The minimum atomic E-state index is -0.702. The first-order valence-electron chi connectivity index (χ1n) is 3.64. The van der Waals surface area contributed by atoms with Crippen molar-refractivity contribution in [3.8, 4) is 0 Å². The smallest absolute Gasteiger partial charge is 0.244 e. The lowest BCUT2D eigenvalue weighted by molar-refractivity contribution is -0.115. The molecule has 4 heteroatoms. The maximum atomic E-state index is 10.6. The van der Waals surface area contributed by atoms with E-state index >= 15 is 0 Å². The third kappa shape index (κ3) is 3.02. The lowest BCUT2D eigenvalue weighted by atomic mass is 9.85. The monoisotopic (exact) mass is 173 g/mol. The Morgan fingerprint density at radius 1 is 1.50 bits per heavy atom. The summed E-state index contributed by atoms with van der Waals surface area (Å²) in [6, 6.07) is 0. The maximum absolute atomic E-state index is 10.6. The molecule has 0 saturated heterocycles. The number of rotatable bonds is 5. The molecule has 1 amide bonds. The van der Waals surface area contributed by atoms with Crippen molar-refractivity contribution in [2.45, 2.75) is 13.3 Å². The van der Waals surface area contributed by atoms with Gasteiger partial charge in [-0.25, -0.2) is 0 Å². The summed E-state index contributed by atoms with van der Waals surface area (Å²) in [7, 11) is 0. The van der Waals surface area contributed by atoms with E-state index in [0.717, 1.165) is 0 Å². The molecule has 0 saturated carbocycles. The van der Waals surface area contributed by atoms with E-state index in [2.05, 4.69) is 6.58 Å². The Labute approximate surface area is 71.7 Å². The number of primary amides is 1. The molecule has 0 aliphatic rings. The third-order valence-electron chi connectivity index (χ3n) is 1.75. The zero-order valence-corrected chi connectivity index (χ0v) is 7.21. The number of amides is 1. The van der Waals surface area contributed by atoms with Crippen LogP contribution >= 0.6 is 0 Å². The Kier molecular flexibility index (Phi) is 3.92. The van der Waals surface area contributed by atoms with E-state index in [9.17, 15) is 4.79 Å². The predicted molar refractivity (Wildman–Crippen MR) is 45.2 cm³/mol. The number of carbonyl (C=O) groups excluding carboxylic acids is 1. The Morgan fingerprint density at radius 2 is 1.92 bits per heavy atom. The van der Waals surface area contributed by atoms with Crippen LogP contribution in [0.2, 0.25) is 0 Å². The molecule has 0 bridgehead atoms. The fourth-order valence-corrected chi connectivity index (χ4v) is 0.764. The second-order valence-corrected chi connectivity index (χ2v) is 3.27. The molecule has 0 spiro atoms. The summed E-state index contributed by atoms with van der Waals surface area (Å²) in [5.41, 5.74) is 4.47. The first-order valence-corrected chi connectivity index (χ1v) is 3.64. The van der Waals surface area contributed by atoms with Gasteiger partial charge in [0.2, 0.25) is 5.91 Å². The molecule has 0 aliphatic carbocycles. The quantitative estimate of drug-likeness (QED) is 0.486. The molecule has 0 unspecified atom stereocenters. The van der Waals surface area contributed by atoms with Crippen LogP contribution in [0, 0.1) is 5.41 Å². The van der Waals surface area contributed by atoms with Crippen LogP contribution in [0.5, 0.6) is 0 Å². The van der Waals surface area contributed by atoms with Crippen LogP contribution in [0.3, 0.4) is 0 Å². The number of hydrogen-bond donors (Lipinski definition) is 3. The Bertz CT molecular complexity index is 185. The number of carbonyl (C=O) groups is 1. The van der Waals surface area contributed by atoms with Gasteiger partial charge in [0, 0.05) is 11.0 Å². The van der Waals surface area contributed by atoms with Crippen LogP contribution in [0.4, 0.5) is 0 Å². The van der Waals surface area contributed by atoms with Crippen LogP contribution < -0.4 is 5.73 Å². The predicted octanol–water partition coefficient (Wildman–Crippen LogP) is -0.591. The topological polar surface area (TPSA) is 83.6 Å². The molecular formula is C8H15NO3. The Balaban J connectivity index is 4.21. The molecule has 0 rings (SSSR count). The third-order valence-corrected chi connectivity index (χ3v) is 1.75. The first-order chi connectivity index (χ1) is 5.45. The summed E-state index contributed by atoms with van der Waals surface area (Å²) in [5, 5.41) is 17.7. The van der Waals surface area contributed by atoms with E-state index < -0.39 is 11.3 Å². The fourth-order valence-electron chi connectivity index (χ4n) is 0.764. The van der Waals surface area contributed by atoms with Gasteiger partial charge in [-0.05, 0) is 6.42 Å². The van der Waals surface area contributed by atoms with E-state index in [4.69, 9.17) is 15.9 Å². The zero-order chi connectivity index (χ0) is 9.78. The van der Waals surface area contributed by atoms with Crippen LogP contribution in [0.1, 0.15) is 13.3 Å². The SMILES string of the molecule is C=C(CC(C)(CO)CO)C(N)=O. The highest BCUT2D eigenvalue weighted by Gasteiger charge is 2.24. The van der Waals surface area contributed by atoms with E-state index in [1.165, 1.54) is 0 Å². The van der Waals surface area contributed by atoms with Crippen LogP contribution in [-0.4, -0.2) is 29.3 Å². The van der Waals surface area contributed by atoms with E-state index in [1.807, 2.05) is 0 Å². The van der Waals surface area contributed by atoms with Crippen LogP contribution in [0.15, 0.2) is 12.2 Å². The highest BCUT2D eigenvalue weighted by molar-refractivity contribution is 5.91. The van der Waals surface area contributed by atoms with Crippen LogP contribution in [0.25, 0.3) is 0 Å². The fraction of sp³-hybridized carbons (Fsp3) is 0.625. The van der Waals surface area contributed by atoms with Crippen molar-refractivity contribution in [3.05, 3.63) is 12.2 Å². The Morgan fingerprint density at radius 3 is 2.17 bits per heavy atom. The summed E-state index contributed by atoms with van der Waals surface area (Å²) < 4.78 is 0. The lowest BCUT2D eigenvalue weighted by Crippen LogP contribution is -2.29. The highest BCUT2D eigenvalue weighted by Crippen LogP contribution is 2.23. The maximum Gasteiger partial charge on any atom is 0.244 e. The molecular weight excluding hydrogens is 158 g/mol. The van der Waals surface area contributed by atoms with E-state index in [0.29, 0.717) is 0 Å². The average molecular weight is 173 g/mol. The summed E-state index contributed by atoms with van der Waals surface area (Å²) in [5.74, 6) is -0.594. The molecule has 4 nitrogen and oxygen atoms in total. The van der Waals surface area contributed by atoms with Gasteiger partial charge in [0.05, 0.1) is 13.2 Å². The Hall–Kier alpha value is -0.870. The molecule has 12 heavy (non-hydrogen) atoms. The molecule has 4 N–H and O–H groups in total. The van der Waals surface area contributed by atoms with Crippen molar-refractivity contribution < 1.29 is 15.0 Å². The number of nitrogens with two attached hydrogens (primary N) is 1. The minimum Gasteiger partial charge on any atom is -0.396 e. The van der Waals surface area contributed by atoms with Gasteiger partial charge < -0.3 is 15.9 Å². The standard InChI is InChI=1S/C8H15NO3/c1-6(7(9)12)3-8(2,4-10)5-11/h10-11H,1,3-5H2,2H3,(H2,9,12). The van der Waals surface area contributed by atoms with Gasteiger partial charge in [0.1, 0.15) is 0 Å². The van der Waals surface area contributed by atoms with Gasteiger partial charge in [-0.15, -0.1) is 0 Å². The molecule has 0 aromatic carbocycles. The second-order valence-electron chi connectivity index (χ2n) is 3.27. The van der Waals surface area contributed by atoms with E-state index in [1.54, 1.807) is 6.92 Å². The molecule has 0 fully saturated rings. The molecule has 0 radical (unpaired) electrons. The van der Waals surface area contributed by atoms with Crippen molar-refractivity contribution in [3.63, 3.8) is 0 Å². The van der Waals surface area contributed by atoms with Gasteiger partial charge in [-0.2, -0.15) is 0 Å². The average Bonchev–Trinajstić information content (AvgIpc) is 2.04. The highest BCUT2D eigenvalue weighted by atomic mass is 16.3. The van der Waals surface area contributed by atoms with Gasteiger partial charge >= 0.3 is 0 Å². The van der Waals surface area contributed by atoms with Gasteiger partial charge in [-0.1, -0.05) is 13.5 Å². The van der Waals surface area contributed by atoms with Crippen molar-refractivity contribution in [2.75, 3.05) is 13.2 Å². The molecule has 0 aromatic rings. The second kappa shape index (κ2) is 4.23. The molecule has 0 aromatic heterocycles. The van der Waals surface area contributed by atoms with Gasteiger partial charge in [0.25, 0.3) is 0 Å². The number of aliphatic hydroxyl groups is 2. The molecule has 70 valence electrons. The zero-order valence-electron chi connectivity index (χ0n) is 7.21. The van der Waals surface area contributed by atoms with Crippen molar-refractivity contribution in [2.24, 2.45) is 11.1 Å². The minimum absolute atomic E-state index is 0.199. The molecule has 0 heterocycles. The summed E-state index contributed by atoms with van der Waals surface area (Å²) in [6.07, 6.45) is 0.218. The first kappa shape index (κ1) is 11.1. The largest absolute Gasteiger partial charge is 0.396 e. The van der Waals surface area contributed by atoms with Crippen LogP contribution in [-0.2, 0) is 4.79 Å². The normalized spacial score (nSPS) is 11.2. The molecule has 0 aliphatic heterocycles. The van der Waals surface area contributed by atoms with E-state index in [-0.39, 0.29) is 25.2 Å². The molecule has 0 atom stereocenters. The number of hydrogen-bond acceptors (Lipinski definition) is 3. The van der Waals surface area contributed by atoms with Crippen molar-refractivity contribution in [1.82, 2.24) is 0 Å². The van der Waals surface area contributed by atoms with Crippen molar-refractivity contribution in [1.29, 1.82) is 0 Å². The van der Waals surface area contributed by atoms with Gasteiger partial charge in [0.15, 0.2) is 0 Å². The summed E-state index contributed by atoms with van der Waals surface area (Å²) in [4.78, 5) is 10.6. The van der Waals surface area contributed by atoms with Crippen molar-refractivity contribution >= 4 is 5.91 Å². The van der Waals surface area contributed by atoms with Gasteiger partial charge in [-0.3, -0.25) is 4.79 Å². The number of aliphatic hydroxyl groups excluding tert-OH is 2. The summed E-state index contributed by atoms with van der Waals surface area (Å²) >= 11 is 0.